The highest BCUT2D eigenvalue weighted by Gasteiger charge is 2.23. The van der Waals surface area contributed by atoms with Crippen LogP contribution in [0.3, 0.4) is 0 Å². The fourth-order valence-corrected chi connectivity index (χ4v) is 3.73. The lowest BCUT2D eigenvalue weighted by Crippen LogP contribution is -2.18. The van der Waals surface area contributed by atoms with E-state index in [0.717, 1.165) is 12.1 Å². The molecule has 9 nitrogen and oxygen atoms in total. The fraction of sp³-hybridized carbons (Fsp3) is 0. The molecule has 0 saturated heterocycles. The van der Waals surface area contributed by atoms with Crippen molar-refractivity contribution in [2.75, 3.05) is 10.6 Å². The zero-order valence-electron chi connectivity index (χ0n) is 19.7. The molecule has 0 bridgehead atoms. The molecule has 0 saturated carbocycles. The number of aromatic carboxylic acids is 2. The molecule has 9 heteroatoms. The van der Waals surface area contributed by atoms with Crippen molar-refractivity contribution in [1.82, 2.24) is 0 Å². The van der Waals surface area contributed by atoms with Gasteiger partial charge in [0.25, 0.3) is 11.8 Å². The minimum absolute atomic E-state index is 0.0727. The molecule has 38 heavy (non-hydrogen) atoms. The van der Waals surface area contributed by atoms with Crippen molar-refractivity contribution in [3.8, 4) is 0 Å². The highest BCUT2D eigenvalue weighted by atomic mass is 16.4. The van der Waals surface area contributed by atoms with Gasteiger partial charge in [0, 0.05) is 22.5 Å². The second kappa shape index (κ2) is 11.0. The van der Waals surface area contributed by atoms with Crippen LogP contribution in [0.5, 0.6) is 0 Å². The predicted molar refractivity (Wildman–Crippen MR) is 139 cm³/mol. The smallest absolute Gasteiger partial charge is 0.336 e. The van der Waals surface area contributed by atoms with E-state index in [1.165, 1.54) is 24.3 Å². The summed E-state index contributed by atoms with van der Waals surface area (Å²) < 4.78 is 0. The molecule has 0 unspecified atom stereocenters. The van der Waals surface area contributed by atoms with E-state index in [2.05, 4.69) is 10.6 Å². The lowest BCUT2D eigenvalue weighted by molar-refractivity contribution is 0.0683. The molecule has 0 aliphatic carbocycles. The summed E-state index contributed by atoms with van der Waals surface area (Å²) >= 11 is 0. The Morgan fingerprint density at radius 2 is 0.842 bits per heavy atom. The van der Waals surface area contributed by atoms with Gasteiger partial charge in [0.15, 0.2) is 5.78 Å². The third-order valence-electron chi connectivity index (χ3n) is 5.58. The van der Waals surface area contributed by atoms with Crippen molar-refractivity contribution in [3.63, 3.8) is 0 Å². The summed E-state index contributed by atoms with van der Waals surface area (Å²) in [4.78, 5) is 62.3. The molecule has 2 amide bonds. The Morgan fingerprint density at radius 1 is 0.474 bits per heavy atom. The number of carbonyl (C=O) groups is 5. The summed E-state index contributed by atoms with van der Waals surface area (Å²) in [6, 6.07) is 24.0. The van der Waals surface area contributed by atoms with Gasteiger partial charge in [-0.15, -0.1) is 0 Å². The second-order valence-electron chi connectivity index (χ2n) is 8.10. The average molecular weight is 508 g/mol. The average Bonchev–Trinajstić information content (AvgIpc) is 2.93. The molecule has 4 aromatic carbocycles. The highest BCUT2D eigenvalue weighted by Crippen LogP contribution is 2.21. The van der Waals surface area contributed by atoms with Crippen LogP contribution >= 0.6 is 0 Å². The Morgan fingerprint density at radius 3 is 1.18 bits per heavy atom. The van der Waals surface area contributed by atoms with Gasteiger partial charge >= 0.3 is 11.9 Å². The number of benzene rings is 4. The third kappa shape index (κ3) is 5.63. The van der Waals surface area contributed by atoms with Crippen molar-refractivity contribution in [3.05, 3.63) is 130 Å². The van der Waals surface area contributed by atoms with Crippen LogP contribution in [-0.4, -0.2) is 39.7 Å². The van der Waals surface area contributed by atoms with Gasteiger partial charge in [-0.1, -0.05) is 48.5 Å². The maximum absolute atomic E-state index is 13.2. The Hall–Kier alpha value is -5.57. The van der Waals surface area contributed by atoms with Gasteiger partial charge in [0.1, 0.15) is 0 Å². The summed E-state index contributed by atoms with van der Waals surface area (Å²) in [6.07, 6.45) is 0. The topological polar surface area (TPSA) is 150 Å². The van der Waals surface area contributed by atoms with Crippen molar-refractivity contribution in [2.45, 2.75) is 0 Å². The minimum atomic E-state index is -1.42. The van der Waals surface area contributed by atoms with Crippen LogP contribution in [0, 0.1) is 0 Å². The normalized spacial score (nSPS) is 10.3. The lowest BCUT2D eigenvalue weighted by atomic mass is 9.95. The van der Waals surface area contributed by atoms with Crippen LogP contribution in [0.1, 0.15) is 57.4 Å². The van der Waals surface area contributed by atoms with E-state index in [9.17, 15) is 34.2 Å². The van der Waals surface area contributed by atoms with Gasteiger partial charge in [-0.25, -0.2) is 9.59 Å². The highest BCUT2D eigenvalue weighted by molar-refractivity contribution is 6.16. The molecule has 4 aromatic rings. The van der Waals surface area contributed by atoms with E-state index >= 15 is 0 Å². The number of ketones is 1. The van der Waals surface area contributed by atoms with E-state index < -0.39 is 40.7 Å². The zero-order chi connectivity index (χ0) is 27.2. The molecule has 0 aliphatic rings. The first kappa shape index (κ1) is 25.5. The molecule has 0 fully saturated rings. The molecule has 0 aromatic heterocycles. The Labute approximate surface area is 216 Å². The number of para-hydroxylation sites is 2. The number of amides is 2. The van der Waals surface area contributed by atoms with E-state index in [1.54, 1.807) is 60.7 Å². The maximum atomic E-state index is 13.2. The van der Waals surface area contributed by atoms with Crippen molar-refractivity contribution in [1.29, 1.82) is 0 Å². The molecule has 0 heterocycles. The van der Waals surface area contributed by atoms with Crippen LogP contribution in [0.15, 0.2) is 97.1 Å². The maximum Gasteiger partial charge on any atom is 0.336 e. The zero-order valence-corrected chi connectivity index (χ0v) is 19.7. The van der Waals surface area contributed by atoms with Crippen LogP contribution in [0.4, 0.5) is 11.4 Å². The monoisotopic (exact) mass is 508 g/mol. The molecular weight excluding hydrogens is 488 g/mol. The number of anilines is 2. The predicted octanol–water partition coefficient (Wildman–Crippen LogP) is 4.82. The molecule has 4 N–H and O–H groups in total. The molecule has 188 valence electrons. The van der Waals surface area contributed by atoms with Crippen LogP contribution in [0.25, 0.3) is 0 Å². The number of nitrogens with one attached hydrogen (secondary N) is 2. The van der Waals surface area contributed by atoms with E-state index in [4.69, 9.17) is 0 Å². The number of hydrogen-bond acceptors (Lipinski definition) is 5. The van der Waals surface area contributed by atoms with Gasteiger partial charge in [-0.05, 0) is 48.5 Å². The number of hydrogen-bond donors (Lipinski definition) is 4. The van der Waals surface area contributed by atoms with Crippen molar-refractivity contribution in [2.24, 2.45) is 0 Å². The van der Waals surface area contributed by atoms with Gasteiger partial charge < -0.3 is 20.8 Å². The Bertz CT molecular complexity index is 1450. The van der Waals surface area contributed by atoms with Gasteiger partial charge in [0.05, 0.1) is 22.3 Å². The van der Waals surface area contributed by atoms with Crippen LogP contribution in [0.2, 0.25) is 0 Å². The lowest BCUT2D eigenvalue weighted by Gasteiger charge is -2.11. The van der Waals surface area contributed by atoms with E-state index in [-0.39, 0.29) is 22.3 Å². The van der Waals surface area contributed by atoms with Gasteiger partial charge in [0.2, 0.25) is 0 Å². The summed E-state index contributed by atoms with van der Waals surface area (Å²) in [6.45, 7) is 0. The third-order valence-corrected chi connectivity index (χ3v) is 5.58. The Kier molecular flexibility index (Phi) is 7.39. The van der Waals surface area contributed by atoms with Crippen LogP contribution in [-0.2, 0) is 0 Å². The number of carbonyl (C=O) groups excluding carboxylic acids is 3. The van der Waals surface area contributed by atoms with Crippen molar-refractivity contribution >= 4 is 40.9 Å². The largest absolute Gasteiger partial charge is 0.478 e. The molecule has 0 atom stereocenters. The number of carboxylic acid groups (broad SMARTS) is 2. The number of carboxylic acids is 2. The summed E-state index contributed by atoms with van der Waals surface area (Å²) in [5.41, 5.74) is -0.330. The van der Waals surface area contributed by atoms with Crippen molar-refractivity contribution < 1.29 is 34.2 Å². The first-order chi connectivity index (χ1) is 18.2. The molecule has 4 rings (SSSR count). The van der Waals surface area contributed by atoms with Crippen LogP contribution < -0.4 is 10.6 Å². The standard InChI is InChI=1S/C29H20N2O7/c32-25(17-11-13-21(23(15-17)28(35)36)26(33)30-19-7-3-1-4-8-19)18-12-14-22(24(16-18)29(37)38)27(34)31-20-9-5-2-6-10-20/h1-16H,(H,30,33)(H,31,34)(H,35,36)(H,37,38). The summed E-state index contributed by atoms with van der Waals surface area (Å²) in [5.74, 6) is -4.86. The first-order valence-electron chi connectivity index (χ1n) is 11.3. The van der Waals surface area contributed by atoms with E-state index in [0.29, 0.717) is 11.4 Å². The minimum Gasteiger partial charge on any atom is -0.478 e. The number of rotatable bonds is 8. The Balaban J connectivity index is 1.63. The fourth-order valence-electron chi connectivity index (χ4n) is 3.73. The molecular formula is C29H20N2O7. The molecule has 0 spiro atoms. The quantitative estimate of drug-likeness (QED) is 0.249. The van der Waals surface area contributed by atoms with E-state index in [1.807, 2.05) is 0 Å². The molecule has 0 aliphatic heterocycles. The first-order valence-corrected chi connectivity index (χ1v) is 11.3. The molecule has 0 radical (unpaired) electrons. The van der Waals surface area contributed by atoms with Gasteiger partial charge in [-0.3, -0.25) is 14.4 Å². The summed E-state index contributed by atoms with van der Waals surface area (Å²) in [7, 11) is 0. The second-order valence-corrected chi connectivity index (χ2v) is 8.10. The SMILES string of the molecule is O=C(c1ccc(C(=O)Nc2ccccc2)c(C(=O)O)c1)c1ccc(C(=O)Nc2ccccc2)c(C(=O)O)c1. The summed E-state index contributed by atoms with van der Waals surface area (Å²) in [5, 5.41) is 24.6. The van der Waals surface area contributed by atoms with Gasteiger partial charge in [-0.2, -0.15) is 0 Å².